The van der Waals surface area contributed by atoms with Crippen LogP contribution in [0.15, 0.2) is 30.3 Å². The molecule has 3 aromatic rings. The van der Waals surface area contributed by atoms with Gasteiger partial charge in [0.25, 0.3) is 0 Å². The van der Waals surface area contributed by atoms with E-state index in [1.54, 1.807) is 12.1 Å². The van der Waals surface area contributed by atoms with Gasteiger partial charge in [0.2, 0.25) is 0 Å². The second kappa shape index (κ2) is 5.62. The van der Waals surface area contributed by atoms with Crippen molar-refractivity contribution in [3.05, 3.63) is 56.1 Å². The third-order valence-corrected chi connectivity index (χ3v) is 4.28. The third kappa shape index (κ3) is 2.69. The molecule has 0 atom stereocenters. The molecule has 6 heteroatoms. The Kier molecular flexibility index (Phi) is 3.98. The molecule has 0 aliphatic carbocycles. The SMILES string of the molecule is Cc1ccc(-c2nc(Cl)c3c(Cl)ccc(Cl)c3n2)c(Cl)c1. The summed E-state index contributed by atoms with van der Waals surface area (Å²) in [4.78, 5) is 8.75. The zero-order valence-electron chi connectivity index (χ0n) is 10.8. The number of hydrogen-bond acceptors (Lipinski definition) is 2. The Morgan fingerprint density at radius 1 is 0.810 bits per heavy atom. The summed E-state index contributed by atoms with van der Waals surface area (Å²) in [5.41, 5.74) is 2.26. The summed E-state index contributed by atoms with van der Waals surface area (Å²) in [6.45, 7) is 1.96. The van der Waals surface area contributed by atoms with E-state index in [4.69, 9.17) is 46.4 Å². The number of nitrogens with zero attached hydrogens (tertiary/aromatic N) is 2. The van der Waals surface area contributed by atoms with Gasteiger partial charge >= 0.3 is 0 Å². The number of aromatic nitrogens is 2. The summed E-state index contributed by atoms with van der Waals surface area (Å²) >= 11 is 24.8. The van der Waals surface area contributed by atoms with Crippen LogP contribution in [0.4, 0.5) is 0 Å². The maximum atomic E-state index is 6.26. The van der Waals surface area contributed by atoms with E-state index in [9.17, 15) is 0 Å². The van der Waals surface area contributed by atoms with Gasteiger partial charge in [0.15, 0.2) is 5.82 Å². The van der Waals surface area contributed by atoms with Crippen molar-refractivity contribution in [2.75, 3.05) is 0 Å². The molecular weight excluding hydrogens is 350 g/mol. The highest BCUT2D eigenvalue weighted by Crippen LogP contribution is 2.35. The fourth-order valence-electron chi connectivity index (χ4n) is 2.05. The average molecular weight is 358 g/mol. The van der Waals surface area contributed by atoms with E-state index in [1.165, 1.54) is 0 Å². The molecular formula is C15H8Cl4N2. The van der Waals surface area contributed by atoms with E-state index in [0.717, 1.165) is 5.56 Å². The molecule has 0 amide bonds. The van der Waals surface area contributed by atoms with E-state index < -0.39 is 0 Å². The van der Waals surface area contributed by atoms with Gasteiger partial charge in [-0.2, -0.15) is 0 Å². The van der Waals surface area contributed by atoms with E-state index in [2.05, 4.69) is 9.97 Å². The summed E-state index contributed by atoms with van der Waals surface area (Å²) in [5.74, 6) is 0.418. The lowest BCUT2D eigenvalue weighted by molar-refractivity contribution is 1.22. The minimum Gasteiger partial charge on any atom is -0.226 e. The van der Waals surface area contributed by atoms with E-state index in [0.29, 0.717) is 37.4 Å². The van der Waals surface area contributed by atoms with Crippen molar-refractivity contribution >= 4 is 57.3 Å². The lowest BCUT2D eigenvalue weighted by atomic mass is 10.1. The van der Waals surface area contributed by atoms with Crippen LogP contribution in [0.1, 0.15) is 5.56 Å². The monoisotopic (exact) mass is 356 g/mol. The van der Waals surface area contributed by atoms with Crippen LogP contribution in [0, 0.1) is 6.92 Å². The molecule has 0 aliphatic heterocycles. The molecule has 0 saturated heterocycles. The number of fused-ring (bicyclic) bond motifs is 1. The summed E-state index contributed by atoms with van der Waals surface area (Å²) in [6.07, 6.45) is 0. The highest BCUT2D eigenvalue weighted by atomic mass is 35.5. The minimum absolute atomic E-state index is 0.249. The third-order valence-electron chi connectivity index (χ3n) is 3.07. The Morgan fingerprint density at radius 3 is 2.24 bits per heavy atom. The molecule has 0 N–H and O–H groups in total. The smallest absolute Gasteiger partial charge is 0.163 e. The van der Waals surface area contributed by atoms with Crippen LogP contribution in [0.2, 0.25) is 20.2 Å². The van der Waals surface area contributed by atoms with Gasteiger partial charge in [-0.15, -0.1) is 0 Å². The largest absolute Gasteiger partial charge is 0.226 e. The van der Waals surface area contributed by atoms with Crippen molar-refractivity contribution in [2.45, 2.75) is 6.92 Å². The topological polar surface area (TPSA) is 25.8 Å². The molecule has 21 heavy (non-hydrogen) atoms. The first-order chi connectivity index (χ1) is 9.97. The van der Waals surface area contributed by atoms with Crippen molar-refractivity contribution < 1.29 is 0 Å². The normalized spacial score (nSPS) is 11.1. The van der Waals surface area contributed by atoms with Crippen LogP contribution < -0.4 is 0 Å². The number of hydrogen-bond donors (Lipinski definition) is 0. The van der Waals surface area contributed by atoms with Crippen molar-refractivity contribution in [3.63, 3.8) is 0 Å². The Bertz CT molecular complexity index is 862. The van der Waals surface area contributed by atoms with E-state index in [1.807, 2.05) is 25.1 Å². The van der Waals surface area contributed by atoms with Crippen LogP contribution in [0.3, 0.4) is 0 Å². The molecule has 106 valence electrons. The summed E-state index contributed by atoms with van der Waals surface area (Å²) in [6, 6.07) is 8.98. The molecule has 1 aromatic heterocycles. The quantitative estimate of drug-likeness (QED) is 0.483. The van der Waals surface area contributed by atoms with Gasteiger partial charge in [-0.3, -0.25) is 0 Å². The number of benzene rings is 2. The van der Waals surface area contributed by atoms with Crippen molar-refractivity contribution in [2.24, 2.45) is 0 Å². The second-order valence-corrected chi connectivity index (χ2v) is 6.15. The van der Waals surface area contributed by atoms with Gasteiger partial charge in [0, 0.05) is 5.56 Å². The highest BCUT2D eigenvalue weighted by Gasteiger charge is 2.15. The summed E-state index contributed by atoms with van der Waals surface area (Å²) in [7, 11) is 0. The van der Waals surface area contributed by atoms with Crippen LogP contribution >= 0.6 is 46.4 Å². The van der Waals surface area contributed by atoms with Crippen molar-refractivity contribution in [1.82, 2.24) is 9.97 Å². The molecule has 0 fully saturated rings. The predicted molar refractivity (Wildman–Crippen MR) is 89.8 cm³/mol. The zero-order chi connectivity index (χ0) is 15.1. The highest BCUT2D eigenvalue weighted by molar-refractivity contribution is 6.44. The first-order valence-corrected chi connectivity index (χ1v) is 7.56. The molecule has 0 aliphatic rings. The predicted octanol–water partition coefficient (Wildman–Crippen LogP) is 6.22. The molecule has 0 saturated carbocycles. The summed E-state index contributed by atoms with van der Waals surface area (Å²) < 4.78 is 0. The molecule has 0 spiro atoms. The van der Waals surface area contributed by atoms with Crippen molar-refractivity contribution in [1.29, 1.82) is 0 Å². The van der Waals surface area contributed by atoms with E-state index >= 15 is 0 Å². The maximum absolute atomic E-state index is 6.26. The number of aryl methyl sites for hydroxylation is 1. The first-order valence-electron chi connectivity index (χ1n) is 6.05. The number of rotatable bonds is 1. The van der Waals surface area contributed by atoms with Crippen LogP contribution in [-0.4, -0.2) is 9.97 Å². The van der Waals surface area contributed by atoms with Gasteiger partial charge in [-0.1, -0.05) is 52.5 Å². The van der Waals surface area contributed by atoms with Gasteiger partial charge in [-0.05, 0) is 36.8 Å². The lowest BCUT2D eigenvalue weighted by Crippen LogP contribution is -1.94. The second-order valence-electron chi connectivity index (χ2n) is 4.57. The Balaban J connectivity index is 2.33. The van der Waals surface area contributed by atoms with Gasteiger partial charge in [0.05, 0.1) is 26.0 Å². The van der Waals surface area contributed by atoms with Crippen LogP contribution in [0.5, 0.6) is 0 Å². The average Bonchev–Trinajstić information content (AvgIpc) is 2.42. The summed E-state index contributed by atoms with van der Waals surface area (Å²) in [5, 5.41) is 2.27. The zero-order valence-corrected chi connectivity index (χ0v) is 13.8. The molecule has 0 radical (unpaired) electrons. The lowest BCUT2D eigenvalue weighted by Gasteiger charge is -2.09. The molecule has 2 nitrogen and oxygen atoms in total. The molecule has 3 rings (SSSR count). The van der Waals surface area contributed by atoms with E-state index in [-0.39, 0.29) is 5.15 Å². The number of halogens is 4. The standard InChI is InChI=1S/C15H8Cl4N2/c1-7-2-3-8(11(18)6-7)15-20-13-10(17)5-4-9(16)12(13)14(19)21-15/h2-6H,1H3. The first kappa shape index (κ1) is 14.9. The Labute approximate surface area is 141 Å². The fraction of sp³-hybridized carbons (Fsp3) is 0.0667. The van der Waals surface area contributed by atoms with Crippen molar-refractivity contribution in [3.8, 4) is 11.4 Å². The van der Waals surface area contributed by atoms with Gasteiger partial charge in [-0.25, -0.2) is 9.97 Å². The minimum atomic E-state index is 0.249. The van der Waals surface area contributed by atoms with Crippen LogP contribution in [0.25, 0.3) is 22.3 Å². The Morgan fingerprint density at radius 2 is 1.52 bits per heavy atom. The van der Waals surface area contributed by atoms with Gasteiger partial charge < -0.3 is 0 Å². The maximum Gasteiger partial charge on any atom is 0.163 e. The Hall–Kier alpha value is -1.06. The van der Waals surface area contributed by atoms with Crippen LogP contribution in [-0.2, 0) is 0 Å². The molecule has 0 unspecified atom stereocenters. The molecule has 2 aromatic carbocycles. The molecule has 0 bridgehead atoms. The fourth-order valence-corrected chi connectivity index (χ4v) is 3.13. The van der Waals surface area contributed by atoms with Gasteiger partial charge in [0.1, 0.15) is 5.15 Å². The molecule has 1 heterocycles.